The monoisotopic (exact) mass is 398 g/mol. The molecule has 0 radical (unpaired) electrons. The van der Waals surface area contributed by atoms with Crippen LogP contribution < -0.4 is 9.47 Å². The Morgan fingerprint density at radius 2 is 1.47 bits per heavy atom. The van der Waals surface area contributed by atoms with Gasteiger partial charge in [0.15, 0.2) is 5.78 Å². The predicted octanol–water partition coefficient (Wildman–Crippen LogP) is 5.10. The second-order valence-electron chi connectivity index (χ2n) is 6.94. The molecule has 0 spiro atoms. The lowest BCUT2D eigenvalue weighted by Crippen LogP contribution is -2.03. The van der Waals surface area contributed by atoms with Crippen LogP contribution in [-0.2, 0) is 0 Å². The molecule has 5 nitrogen and oxygen atoms in total. The van der Waals surface area contributed by atoms with Crippen molar-refractivity contribution >= 4 is 5.78 Å². The molecule has 0 aliphatic heterocycles. The zero-order valence-electron chi connectivity index (χ0n) is 17.1. The van der Waals surface area contributed by atoms with Gasteiger partial charge in [-0.25, -0.2) is 4.98 Å². The highest BCUT2D eigenvalue weighted by atomic mass is 16.5. The lowest BCUT2D eigenvalue weighted by molar-refractivity contribution is 0.103. The van der Waals surface area contributed by atoms with E-state index in [1.807, 2.05) is 78.4 Å². The van der Waals surface area contributed by atoms with Gasteiger partial charge in [-0.05, 0) is 48.4 Å². The third kappa shape index (κ3) is 3.82. The van der Waals surface area contributed by atoms with Gasteiger partial charge in [-0.15, -0.1) is 0 Å². The Kier molecular flexibility index (Phi) is 5.35. The smallest absolute Gasteiger partial charge is 0.193 e. The number of ether oxygens (including phenoxy) is 2. The van der Waals surface area contributed by atoms with Crippen LogP contribution in [-0.4, -0.2) is 29.6 Å². The number of benzene rings is 3. The van der Waals surface area contributed by atoms with Crippen LogP contribution in [0.25, 0.3) is 16.8 Å². The average Bonchev–Trinajstić information content (AvgIpc) is 3.24. The number of rotatable bonds is 6. The number of carbonyl (C=O) groups excluding carboxylic acids is 1. The van der Waals surface area contributed by atoms with Crippen LogP contribution in [0.1, 0.15) is 21.6 Å². The quantitative estimate of drug-likeness (QED) is 0.424. The average molecular weight is 398 g/mol. The fourth-order valence-electron chi connectivity index (χ4n) is 3.35. The topological polar surface area (TPSA) is 53.4 Å². The van der Waals surface area contributed by atoms with E-state index in [2.05, 4.69) is 4.98 Å². The van der Waals surface area contributed by atoms with E-state index in [1.54, 1.807) is 26.6 Å². The van der Waals surface area contributed by atoms with Crippen LogP contribution >= 0.6 is 0 Å². The van der Waals surface area contributed by atoms with Crippen molar-refractivity contribution in [3.05, 3.63) is 96.1 Å². The lowest BCUT2D eigenvalue weighted by Gasteiger charge is -2.11. The molecule has 0 bridgehead atoms. The first-order valence-corrected chi connectivity index (χ1v) is 9.57. The lowest BCUT2D eigenvalue weighted by atomic mass is 9.99. The van der Waals surface area contributed by atoms with Crippen molar-refractivity contribution in [1.29, 1.82) is 0 Å². The van der Waals surface area contributed by atoms with E-state index in [-0.39, 0.29) is 5.78 Å². The first-order chi connectivity index (χ1) is 14.6. The molecule has 0 saturated heterocycles. The Labute approximate surface area is 175 Å². The molecule has 0 amide bonds. The summed E-state index contributed by atoms with van der Waals surface area (Å²) in [5, 5.41) is 0. The minimum absolute atomic E-state index is 0.0528. The van der Waals surface area contributed by atoms with Gasteiger partial charge < -0.3 is 14.0 Å². The number of methoxy groups -OCH3 is 2. The fourth-order valence-corrected chi connectivity index (χ4v) is 3.35. The maximum atomic E-state index is 13.0. The molecule has 0 aliphatic carbocycles. The third-order valence-electron chi connectivity index (χ3n) is 5.00. The summed E-state index contributed by atoms with van der Waals surface area (Å²) in [5.41, 5.74) is 5.05. The molecular formula is C25H22N2O3. The van der Waals surface area contributed by atoms with E-state index in [0.717, 1.165) is 28.3 Å². The number of imidazole rings is 1. The molecule has 0 atom stereocenters. The molecule has 0 saturated carbocycles. The van der Waals surface area contributed by atoms with Gasteiger partial charge >= 0.3 is 0 Å². The van der Waals surface area contributed by atoms with Crippen molar-refractivity contribution in [3.63, 3.8) is 0 Å². The van der Waals surface area contributed by atoms with Gasteiger partial charge in [0, 0.05) is 17.3 Å². The fraction of sp³-hybridized carbons (Fsp3) is 0.120. The Bertz CT molecular complexity index is 1180. The van der Waals surface area contributed by atoms with Crippen molar-refractivity contribution in [2.75, 3.05) is 14.2 Å². The van der Waals surface area contributed by atoms with E-state index in [0.29, 0.717) is 16.9 Å². The normalized spacial score (nSPS) is 10.6. The molecule has 0 aliphatic rings. The number of hydrogen-bond donors (Lipinski definition) is 0. The summed E-state index contributed by atoms with van der Waals surface area (Å²) in [4.78, 5) is 17.3. The Morgan fingerprint density at radius 1 is 0.833 bits per heavy atom. The molecule has 0 fully saturated rings. The first-order valence-electron chi connectivity index (χ1n) is 9.57. The molecular weight excluding hydrogens is 376 g/mol. The molecule has 1 heterocycles. The summed E-state index contributed by atoms with van der Waals surface area (Å²) in [7, 11) is 3.24. The molecule has 4 rings (SSSR count). The third-order valence-corrected chi connectivity index (χ3v) is 5.00. The van der Waals surface area contributed by atoms with E-state index >= 15 is 0 Å². The zero-order valence-corrected chi connectivity index (χ0v) is 17.1. The van der Waals surface area contributed by atoms with E-state index in [4.69, 9.17) is 9.47 Å². The Morgan fingerprint density at radius 3 is 2.03 bits per heavy atom. The predicted molar refractivity (Wildman–Crippen MR) is 117 cm³/mol. The molecule has 5 heteroatoms. The minimum Gasteiger partial charge on any atom is -0.497 e. The van der Waals surface area contributed by atoms with Gasteiger partial charge in [0.25, 0.3) is 0 Å². The number of nitrogens with zero attached hydrogens (tertiary/aromatic N) is 2. The Balaban J connectivity index is 1.59. The summed E-state index contributed by atoms with van der Waals surface area (Å²) in [6.45, 7) is 1.93. The van der Waals surface area contributed by atoms with Crippen molar-refractivity contribution in [2.24, 2.45) is 0 Å². The van der Waals surface area contributed by atoms with Crippen LogP contribution in [0.15, 0.2) is 79.3 Å². The van der Waals surface area contributed by atoms with Crippen LogP contribution in [0.5, 0.6) is 11.5 Å². The van der Waals surface area contributed by atoms with Gasteiger partial charge in [-0.3, -0.25) is 4.79 Å². The highest BCUT2D eigenvalue weighted by Gasteiger charge is 2.14. The van der Waals surface area contributed by atoms with Crippen LogP contribution in [0, 0.1) is 6.92 Å². The van der Waals surface area contributed by atoms with Crippen molar-refractivity contribution in [1.82, 2.24) is 9.55 Å². The van der Waals surface area contributed by atoms with Crippen molar-refractivity contribution in [3.8, 4) is 28.3 Å². The number of hydrogen-bond acceptors (Lipinski definition) is 4. The Hall–Kier alpha value is -3.86. The largest absolute Gasteiger partial charge is 0.497 e. The highest BCUT2D eigenvalue weighted by Crippen LogP contribution is 2.27. The molecule has 0 N–H and O–H groups in total. The molecule has 30 heavy (non-hydrogen) atoms. The van der Waals surface area contributed by atoms with Crippen molar-refractivity contribution < 1.29 is 14.3 Å². The van der Waals surface area contributed by atoms with Gasteiger partial charge in [0.1, 0.15) is 11.5 Å². The van der Waals surface area contributed by atoms with Gasteiger partial charge in [0.2, 0.25) is 0 Å². The maximum absolute atomic E-state index is 13.0. The van der Waals surface area contributed by atoms with Crippen LogP contribution in [0.4, 0.5) is 0 Å². The minimum atomic E-state index is -0.0528. The van der Waals surface area contributed by atoms with E-state index in [1.165, 1.54) is 0 Å². The number of carbonyl (C=O) groups is 1. The van der Waals surface area contributed by atoms with Crippen molar-refractivity contribution in [2.45, 2.75) is 6.92 Å². The SMILES string of the molecule is COc1ccc(-c2ccc(C(=O)c3ccc(-n4cnc(C)c4)c(OC)c3)cc2)cc1. The first kappa shape index (κ1) is 19.5. The number of aryl methyl sites for hydroxylation is 1. The van der Waals surface area contributed by atoms with Gasteiger partial charge in [0.05, 0.1) is 31.9 Å². The summed E-state index contributed by atoms with van der Waals surface area (Å²) in [5.74, 6) is 1.38. The van der Waals surface area contributed by atoms with Crippen LogP contribution in [0.3, 0.4) is 0 Å². The van der Waals surface area contributed by atoms with E-state index < -0.39 is 0 Å². The second kappa shape index (κ2) is 8.25. The number of ketones is 1. The molecule has 1 aromatic heterocycles. The van der Waals surface area contributed by atoms with Gasteiger partial charge in [-0.2, -0.15) is 0 Å². The van der Waals surface area contributed by atoms with Crippen LogP contribution in [0.2, 0.25) is 0 Å². The standard InChI is InChI=1S/C25H22N2O3/c1-17-15-27(16-26-17)23-13-10-21(14-24(23)30-3)25(28)20-6-4-18(5-7-20)19-8-11-22(29-2)12-9-19/h4-16H,1-3H3. The summed E-state index contributed by atoms with van der Waals surface area (Å²) in [6, 6.07) is 20.9. The molecule has 0 unspecified atom stereocenters. The second-order valence-corrected chi connectivity index (χ2v) is 6.94. The number of aromatic nitrogens is 2. The maximum Gasteiger partial charge on any atom is 0.193 e. The highest BCUT2D eigenvalue weighted by molar-refractivity contribution is 6.09. The van der Waals surface area contributed by atoms with E-state index in [9.17, 15) is 4.79 Å². The zero-order chi connectivity index (χ0) is 21.1. The van der Waals surface area contributed by atoms with Gasteiger partial charge in [-0.1, -0.05) is 36.4 Å². The molecule has 4 aromatic rings. The molecule has 3 aromatic carbocycles. The summed E-state index contributed by atoms with van der Waals surface area (Å²) >= 11 is 0. The molecule has 150 valence electrons. The summed E-state index contributed by atoms with van der Waals surface area (Å²) < 4.78 is 12.6. The summed E-state index contributed by atoms with van der Waals surface area (Å²) in [6.07, 6.45) is 3.64.